The number of benzene rings is 1. The highest BCUT2D eigenvalue weighted by Crippen LogP contribution is 2.17. The van der Waals surface area contributed by atoms with Crippen LogP contribution < -0.4 is 0 Å². The second kappa shape index (κ2) is 8.18. The lowest BCUT2D eigenvalue weighted by Gasteiger charge is -2.35. The Kier molecular flexibility index (Phi) is 5.71. The van der Waals surface area contributed by atoms with Crippen LogP contribution in [-0.4, -0.2) is 63.9 Å². The van der Waals surface area contributed by atoms with Gasteiger partial charge in [-0.3, -0.25) is 9.59 Å². The van der Waals surface area contributed by atoms with Gasteiger partial charge in [-0.15, -0.1) is 0 Å². The molecule has 8 heteroatoms. The quantitative estimate of drug-likeness (QED) is 0.866. The molecule has 1 saturated heterocycles. The number of carbonyl (C=O) groups is 3. The van der Waals surface area contributed by atoms with Crippen molar-refractivity contribution in [2.75, 3.05) is 26.2 Å². The van der Waals surface area contributed by atoms with E-state index in [0.717, 1.165) is 5.56 Å². The molecule has 1 aliphatic heterocycles. The Hall–Kier alpha value is -2.93. The van der Waals surface area contributed by atoms with Gasteiger partial charge in [-0.2, -0.15) is 0 Å². The zero-order valence-corrected chi connectivity index (χ0v) is 15.2. The van der Waals surface area contributed by atoms with E-state index in [1.807, 2.05) is 18.2 Å². The van der Waals surface area contributed by atoms with Crippen LogP contribution in [0, 0.1) is 0 Å². The largest absolute Gasteiger partial charge is 0.477 e. The van der Waals surface area contributed by atoms with Gasteiger partial charge in [-0.05, 0) is 23.8 Å². The van der Waals surface area contributed by atoms with E-state index in [2.05, 4.69) is 4.98 Å². The Balaban J connectivity index is 1.59. The molecule has 140 valence electrons. The van der Waals surface area contributed by atoms with Gasteiger partial charge in [0.25, 0.3) is 5.91 Å². The first-order chi connectivity index (χ1) is 13.0. The average molecular weight is 388 g/mol. The zero-order valence-electron chi connectivity index (χ0n) is 14.5. The van der Waals surface area contributed by atoms with Gasteiger partial charge >= 0.3 is 5.97 Å². The lowest BCUT2D eigenvalue weighted by molar-refractivity contribution is -0.131. The number of hydrogen-bond acceptors (Lipinski definition) is 4. The number of piperazine rings is 1. The first kappa shape index (κ1) is 18.8. The summed E-state index contributed by atoms with van der Waals surface area (Å²) >= 11 is 6.10. The van der Waals surface area contributed by atoms with Crippen molar-refractivity contribution in [1.82, 2.24) is 14.8 Å². The fourth-order valence-electron chi connectivity index (χ4n) is 2.94. The van der Waals surface area contributed by atoms with Gasteiger partial charge in [0.05, 0.1) is 6.42 Å². The lowest BCUT2D eigenvalue weighted by atomic mass is 10.1. The minimum absolute atomic E-state index is 0.0349. The van der Waals surface area contributed by atoms with E-state index < -0.39 is 5.97 Å². The highest BCUT2D eigenvalue weighted by atomic mass is 35.5. The van der Waals surface area contributed by atoms with E-state index in [4.69, 9.17) is 16.7 Å². The van der Waals surface area contributed by atoms with Gasteiger partial charge < -0.3 is 14.9 Å². The number of aromatic nitrogens is 1. The third-order valence-electron chi connectivity index (χ3n) is 4.45. The molecule has 3 rings (SSSR count). The molecule has 0 unspecified atom stereocenters. The van der Waals surface area contributed by atoms with Gasteiger partial charge in [-0.1, -0.05) is 29.8 Å². The van der Waals surface area contributed by atoms with Crippen molar-refractivity contribution in [3.63, 3.8) is 0 Å². The summed E-state index contributed by atoms with van der Waals surface area (Å²) in [5.74, 6) is -1.48. The molecule has 2 heterocycles. The molecule has 0 aliphatic carbocycles. The van der Waals surface area contributed by atoms with Gasteiger partial charge in [0.1, 0.15) is 5.69 Å². The summed E-state index contributed by atoms with van der Waals surface area (Å²) in [6, 6.07) is 9.98. The highest BCUT2D eigenvalue weighted by molar-refractivity contribution is 6.31. The maximum absolute atomic E-state index is 12.6. The molecule has 0 bridgehead atoms. The van der Waals surface area contributed by atoms with Crippen LogP contribution in [0.2, 0.25) is 5.02 Å². The number of aromatic carboxylic acids is 1. The van der Waals surface area contributed by atoms with E-state index in [0.29, 0.717) is 31.2 Å². The minimum atomic E-state index is -1.18. The van der Waals surface area contributed by atoms with Crippen LogP contribution in [-0.2, 0) is 11.2 Å². The molecule has 1 aliphatic rings. The molecule has 0 saturated carbocycles. The van der Waals surface area contributed by atoms with Gasteiger partial charge in [-0.25, -0.2) is 9.78 Å². The summed E-state index contributed by atoms with van der Waals surface area (Å²) in [5, 5.41) is 9.56. The Bertz CT molecular complexity index is 879. The molecule has 0 spiro atoms. The van der Waals surface area contributed by atoms with Crippen LogP contribution in [0.4, 0.5) is 0 Å². The number of carboxylic acids is 1. The van der Waals surface area contributed by atoms with Crippen LogP contribution in [0.5, 0.6) is 0 Å². The van der Waals surface area contributed by atoms with Crippen molar-refractivity contribution >= 4 is 29.4 Å². The van der Waals surface area contributed by atoms with Crippen LogP contribution in [0.25, 0.3) is 0 Å². The molecule has 1 N–H and O–H groups in total. The maximum Gasteiger partial charge on any atom is 0.354 e. The van der Waals surface area contributed by atoms with Gasteiger partial charge in [0.2, 0.25) is 5.91 Å². The molecule has 0 atom stereocenters. The lowest BCUT2D eigenvalue weighted by Crippen LogP contribution is -2.51. The first-order valence-electron chi connectivity index (χ1n) is 8.45. The van der Waals surface area contributed by atoms with Crippen molar-refractivity contribution in [1.29, 1.82) is 0 Å². The molecule has 1 aromatic carbocycles. The van der Waals surface area contributed by atoms with Crippen molar-refractivity contribution in [3.05, 3.63) is 64.4 Å². The second-order valence-electron chi connectivity index (χ2n) is 6.18. The summed E-state index contributed by atoms with van der Waals surface area (Å²) in [6.07, 6.45) is 1.53. The predicted octanol–water partition coefficient (Wildman–Crippen LogP) is 1.96. The van der Waals surface area contributed by atoms with Crippen molar-refractivity contribution < 1.29 is 19.5 Å². The van der Waals surface area contributed by atoms with E-state index >= 15 is 0 Å². The minimum Gasteiger partial charge on any atom is -0.477 e. The normalized spacial score (nSPS) is 14.1. The fraction of sp³-hybridized carbons (Fsp3) is 0.263. The topological polar surface area (TPSA) is 90.8 Å². The third kappa shape index (κ3) is 4.43. The van der Waals surface area contributed by atoms with Crippen LogP contribution in [0.15, 0.2) is 42.6 Å². The first-order valence-corrected chi connectivity index (χ1v) is 8.83. The third-order valence-corrected chi connectivity index (χ3v) is 4.81. The molecule has 1 aromatic heterocycles. The molecule has 7 nitrogen and oxygen atoms in total. The van der Waals surface area contributed by atoms with Crippen molar-refractivity contribution in [2.45, 2.75) is 6.42 Å². The summed E-state index contributed by atoms with van der Waals surface area (Å²) in [7, 11) is 0. The Morgan fingerprint density at radius 1 is 1.04 bits per heavy atom. The Morgan fingerprint density at radius 3 is 2.37 bits per heavy atom. The standard InChI is InChI=1S/C19H18ClN3O4/c20-15-4-2-1-3-13(15)12-17(24)22-7-9-23(10-8-22)18(25)14-5-6-21-16(11-14)19(26)27/h1-6,11H,7-10,12H2,(H,26,27). The van der Waals surface area contributed by atoms with Gasteiger partial charge in [0, 0.05) is 43.0 Å². The van der Waals surface area contributed by atoms with Crippen molar-refractivity contribution in [2.24, 2.45) is 0 Å². The summed E-state index contributed by atoms with van der Waals surface area (Å²) in [5.41, 5.74) is 0.883. The summed E-state index contributed by atoms with van der Waals surface area (Å²) in [6.45, 7) is 1.62. The molecule has 1 fully saturated rings. The maximum atomic E-state index is 12.6. The molecular weight excluding hydrogens is 370 g/mol. The number of halogens is 1. The molecule has 2 amide bonds. The number of pyridine rings is 1. The highest BCUT2D eigenvalue weighted by Gasteiger charge is 2.25. The van der Waals surface area contributed by atoms with Crippen LogP contribution in [0.3, 0.4) is 0 Å². The number of carbonyl (C=O) groups excluding carboxylic acids is 2. The number of rotatable bonds is 4. The zero-order chi connectivity index (χ0) is 19.4. The summed E-state index contributed by atoms with van der Waals surface area (Å²) < 4.78 is 0. The number of hydrogen-bond donors (Lipinski definition) is 1. The SMILES string of the molecule is O=C(O)c1cc(C(=O)N2CCN(C(=O)Cc3ccccc3Cl)CC2)ccn1. The van der Waals surface area contributed by atoms with Crippen LogP contribution in [0.1, 0.15) is 26.4 Å². The monoisotopic (exact) mass is 387 g/mol. The smallest absolute Gasteiger partial charge is 0.354 e. The number of carboxylic acid groups (broad SMARTS) is 1. The predicted molar refractivity (Wildman–Crippen MR) is 98.8 cm³/mol. The summed E-state index contributed by atoms with van der Waals surface area (Å²) in [4.78, 5) is 43.1. The van der Waals surface area contributed by atoms with Gasteiger partial charge in [0.15, 0.2) is 0 Å². The molecule has 0 radical (unpaired) electrons. The Morgan fingerprint density at radius 2 is 1.70 bits per heavy atom. The average Bonchev–Trinajstić information content (AvgIpc) is 2.69. The molecule has 27 heavy (non-hydrogen) atoms. The number of nitrogens with zero attached hydrogens (tertiary/aromatic N) is 3. The van der Waals surface area contributed by atoms with Crippen molar-refractivity contribution in [3.8, 4) is 0 Å². The Labute approximate surface area is 161 Å². The molecular formula is C19H18ClN3O4. The second-order valence-corrected chi connectivity index (χ2v) is 6.58. The fourth-order valence-corrected chi connectivity index (χ4v) is 3.14. The molecule has 2 aromatic rings. The van der Waals surface area contributed by atoms with E-state index in [9.17, 15) is 14.4 Å². The van der Waals surface area contributed by atoms with E-state index in [1.165, 1.54) is 18.3 Å². The van der Waals surface area contributed by atoms with Crippen LogP contribution >= 0.6 is 11.6 Å². The van der Waals surface area contributed by atoms with E-state index in [-0.39, 0.29) is 29.5 Å². The van der Waals surface area contributed by atoms with E-state index in [1.54, 1.807) is 15.9 Å². The number of amides is 2.